The Hall–Kier alpha value is -2.20. The number of H-pyrrole nitrogens is 1. The van der Waals surface area contributed by atoms with E-state index in [9.17, 15) is 0 Å². The Balaban J connectivity index is 1.94. The average Bonchev–Trinajstić information content (AvgIpc) is 3.04. The van der Waals surface area contributed by atoms with Gasteiger partial charge in [0.1, 0.15) is 5.82 Å². The maximum Gasteiger partial charge on any atom is 0.140 e. The van der Waals surface area contributed by atoms with Crippen molar-refractivity contribution < 1.29 is 0 Å². The lowest BCUT2D eigenvalue weighted by atomic mass is 10.2. The summed E-state index contributed by atoms with van der Waals surface area (Å²) in [5, 5.41) is 2.06. The Morgan fingerprint density at radius 1 is 1.06 bits per heavy atom. The molecule has 1 aromatic carbocycles. The highest BCUT2D eigenvalue weighted by Crippen LogP contribution is 2.25. The van der Waals surface area contributed by atoms with Gasteiger partial charge in [-0.15, -0.1) is 11.3 Å². The summed E-state index contributed by atoms with van der Waals surface area (Å²) in [6.45, 7) is 0. The summed E-state index contributed by atoms with van der Waals surface area (Å²) >= 11 is 1.70. The lowest BCUT2D eigenvalue weighted by Gasteiger charge is -1.95. The predicted molar refractivity (Wildman–Crippen MR) is 74.7 cm³/mol. The fourth-order valence-corrected chi connectivity index (χ4v) is 2.85. The molecular formula is C14H9N3S. The molecule has 0 atom stereocenters. The van der Waals surface area contributed by atoms with Crippen LogP contribution in [-0.2, 0) is 0 Å². The zero-order valence-corrected chi connectivity index (χ0v) is 10.2. The Labute approximate surface area is 107 Å². The molecule has 0 amide bonds. The predicted octanol–water partition coefficient (Wildman–Crippen LogP) is 3.84. The molecule has 18 heavy (non-hydrogen) atoms. The molecule has 3 aromatic heterocycles. The van der Waals surface area contributed by atoms with Crippen LogP contribution in [0.25, 0.3) is 32.6 Å². The molecule has 4 heteroatoms. The molecule has 0 saturated heterocycles. The lowest BCUT2D eigenvalue weighted by molar-refractivity contribution is 1.31. The zero-order valence-electron chi connectivity index (χ0n) is 9.42. The first-order valence-corrected chi connectivity index (χ1v) is 6.56. The first-order valence-electron chi connectivity index (χ1n) is 5.68. The summed E-state index contributed by atoms with van der Waals surface area (Å²) in [4.78, 5) is 12.3. The van der Waals surface area contributed by atoms with Gasteiger partial charge in [-0.1, -0.05) is 12.1 Å². The Kier molecular flexibility index (Phi) is 1.98. The maximum atomic E-state index is 4.58. The molecule has 3 heterocycles. The first-order chi connectivity index (χ1) is 8.90. The Bertz CT molecular complexity index is 811. The number of imidazole rings is 1. The van der Waals surface area contributed by atoms with Gasteiger partial charge in [0.05, 0.1) is 21.3 Å². The maximum absolute atomic E-state index is 4.58. The van der Waals surface area contributed by atoms with Crippen molar-refractivity contribution in [2.75, 3.05) is 0 Å². The second kappa shape index (κ2) is 3.65. The van der Waals surface area contributed by atoms with E-state index in [0.29, 0.717) is 0 Å². The van der Waals surface area contributed by atoms with Crippen molar-refractivity contribution in [2.45, 2.75) is 0 Å². The van der Waals surface area contributed by atoms with E-state index in [1.54, 1.807) is 11.3 Å². The van der Waals surface area contributed by atoms with Gasteiger partial charge in [-0.05, 0) is 29.6 Å². The van der Waals surface area contributed by atoms with E-state index in [4.69, 9.17) is 0 Å². The molecule has 0 fully saturated rings. The van der Waals surface area contributed by atoms with Gasteiger partial charge in [0.15, 0.2) is 0 Å². The van der Waals surface area contributed by atoms with Crippen LogP contribution in [0.5, 0.6) is 0 Å². The van der Waals surface area contributed by atoms with Crippen molar-refractivity contribution in [3.05, 3.63) is 48.0 Å². The van der Waals surface area contributed by atoms with Crippen LogP contribution >= 0.6 is 11.3 Å². The number of para-hydroxylation sites is 2. The summed E-state index contributed by atoms with van der Waals surface area (Å²) in [5.74, 6) is 0.874. The minimum atomic E-state index is 0.874. The summed E-state index contributed by atoms with van der Waals surface area (Å²) in [5.41, 5.74) is 4.11. The molecule has 0 saturated carbocycles. The van der Waals surface area contributed by atoms with Gasteiger partial charge < -0.3 is 4.98 Å². The van der Waals surface area contributed by atoms with Gasteiger partial charge in [0.2, 0.25) is 0 Å². The first kappa shape index (κ1) is 9.79. The van der Waals surface area contributed by atoms with Gasteiger partial charge in [-0.2, -0.15) is 0 Å². The Morgan fingerprint density at radius 2 is 2.00 bits per heavy atom. The summed E-state index contributed by atoms with van der Waals surface area (Å²) in [7, 11) is 0. The summed E-state index contributed by atoms with van der Waals surface area (Å²) in [6.07, 6.45) is 1.87. The highest BCUT2D eigenvalue weighted by Gasteiger charge is 2.06. The fourth-order valence-electron chi connectivity index (χ4n) is 2.07. The van der Waals surface area contributed by atoms with Gasteiger partial charge in [-0.3, -0.25) is 4.98 Å². The molecule has 0 aliphatic heterocycles. The van der Waals surface area contributed by atoms with Crippen molar-refractivity contribution in [2.24, 2.45) is 0 Å². The lowest BCUT2D eigenvalue weighted by Crippen LogP contribution is -1.81. The van der Waals surface area contributed by atoms with Crippen molar-refractivity contribution in [3.8, 4) is 11.4 Å². The molecule has 0 aliphatic carbocycles. The van der Waals surface area contributed by atoms with E-state index in [1.807, 2.05) is 36.5 Å². The highest BCUT2D eigenvalue weighted by atomic mass is 32.1. The van der Waals surface area contributed by atoms with E-state index >= 15 is 0 Å². The van der Waals surface area contributed by atoms with Crippen molar-refractivity contribution >= 4 is 32.6 Å². The quantitative estimate of drug-likeness (QED) is 0.558. The van der Waals surface area contributed by atoms with Crippen molar-refractivity contribution in [3.63, 3.8) is 0 Å². The number of nitrogens with one attached hydrogen (secondary N) is 1. The topological polar surface area (TPSA) is 41.6 Å². The van der Waals surface area contributed by atoms with Gasteiger partial charge in [0.25, 0.3) is 0 Å². The second-order valence-corrected chi connectivity index (χ2v) is 5.08. The number of hydrogen-bond donors (Lipinski definition) is 1. The van der Waals surface area contributed by atoms with E-state index in [1.165, 1.54) is 4.70 Å². The molecule has 0 radical (unpaired) electrons. The van der Waals surface area contributed by atoms with Crippen LogP contribution in [0.4, 0.5) is 0 Å². The van der Waals surface area contributed by atoms with Gasteiger partial charge in [-0.25, -0.2) is 4.98 Å². The van der Waals surface area contributed by atoms with Crippen LogP contribution in [0.3, 0.4) is 0 Å². The van der Waals surface area contributed by atoms with Crippen LogP contribution in [0, 0.1) is 0 Å². The normalized spacial score (nSPS) is 11.3. The molecule has 86 valence electrons. The number of hydrogen-bond acceptors (Lipinski definition) is 3. The summed E-state index contributed by atoms with van der Waals surface area (Å²) in [6, 6.07) is 12.2. The number of pyridine rings is 1. The van der Waals surface area contributed by atoms with Crippen LogP contribution in [0.2, 0.25) is 0 Å². The standard InChI is InChI=1S/C14H9N3S/c1-2-4-11-10(3-1)16-14(17-11)9-7-13-12(15-8-9)5-6-18-13/h1-8H,(H,16,17). The third kappa shape index (κ3) is 1.43. The molecule has 1 N–H and O–H groups in total. The van der Waals surface area contributed by atoms with Gasteiger partial charge in [0, 0.05) is 11.8 Å². The summed E-state index contributed by atoms with van der Waals surface area (Å²) < 4.78 is 1.19. The van der Waals surface area contributed by atoms with Crippen LogP contribution in [0.1, 0.15) is 0 Å². The Morgan fingerprint density at radius 3 is 2.94 bits per heavy atom. The molecule has 0 spiro atoms. The monoisotopic (exact) mass is 251 g/mol. The molecule has 0 aliphatic rings. The van der Waals surface area contributed by atoms with Crippen LogP contribution < -0.4 is 0 Å². The minimum Gasteiger partial charge on any atom is -0.338 e. The number of nitrogens with zero attached hydrogens (tertiary/aromatic N) is 2. The molecule has 0 bridgehead atoms. The fraction of sp³-hybridized carbons (Fsp3) is 0. The average molecular weight is 251 g/mol. The van der Waals surface area contributed by atoms with Crippen LogP contribution in [-0.4, -0.2) is 15.0 Å². The number of aromatic nitrogens is 3. The van der Waals surface area contributed by atoms with Crippen molar-refractivity contribution in [1.82, 2.24) is 15.0 Å². The third-order valence-corrected chi connectivity index (χ3v) is 3.82. The second-order valence-electron chi connectivity index (χ2n) is 4.13. The third-order valence-electron chi connectivity index (χ3n) is 2.97. The van der Waals surface area contributed by atoms with E-state index in [2.05, 4.69) is 26.4 Å². The van der Waals surface area contributed by atoms with Gasteiger partial charge >= 0.3 is 0 Å². The molecular weight excluding hydrogens is 242 g/mol. The minimum absolute atomic E-state index is 0.874. The molecule has 4 rings (SSSR count). The highest BCUT2D eigenvalue weighted by molar-refractivity contribution is 7.17. The largest absolute Gasteiger partial charge is 0.338 e. The molecule has 4 aromatic rings. The van der Waals surface area contributed by atoms with E-state index < -0.39 is 0 Å². The van der Waals surface area contributed by atoms with Crippen molar-refractivity contribution in [1.29, 1.82) is 0 Å². The van der Waals surface area contributed by atoms with Crippen LogP contribution in [0.15, 0.2) is 48.0 Å². The van der Waals surface area contributed by atoms with E-state index in [-0.39, 0.29) is 0 Å². The van der Waals surface area contributed by atoms with E-state index in [0.717, 1.165) is 27.9 Å². The number of aromatic amines is 1. The molecule has 0 unspecified atom stereocenters. The number of fused-ring (bicyclic) bond motifs is 2. The number of thiophene rings is 1. The SMILES string of the molecule is c1ccc2[nH]c(-c3cnc4ccsc4c3)nc2c1. The molecule has 3 nitrogen and oxygen atoms in total. The number of rotatable bonds is 1. The zero-order chi connectivity index (χ0) is 11.9. The number of benzene rings is 1. The smallest absolute Gasteiger partial charge is 0.140 e.